The van der Waals surface area contributed by atoms with E-state index in [1.54, 1.807) is 0 Å². The van der Waals surface area contributed by atoms with Gasteiger partial charge in [-0.1, -0.05) is 0 Å². The van der Waals surface area contributed by atoms with Crippen LogP contribution < -0.4 is 14.2 Å². The molecule has 3 aliphatic heterocycles. The number of phenolic OH excluding ortho intramolecular Hbond substituents is 3. The van der Waals surface area contributed by atoms with Crippen LogP contribution in [0, 0.1) is 0 Å². The molecule has 0 spiro atoms. The number of hydrogen-bond acceptors (Lipinski definition) is 16. The van der Waals surface area contributed by atoms with E-state index in [1.165, 1.54) is 6.07 Å². The number of aliphatic hydroxyl groups excluding tert-OH is 7. The summed E-state index contributed by atoms with van der Waals surface area (Å²) in [7, 11) is 0. The summed E-state index contributed by atoms with van der Waals surface area (Å²) in [4.78, 5) is 13.1. The lowest BCUT2D eigenvalue weighted by atomic mass is 9.94. The van der Waals surface area contributed by atoms with Crippen LogP contribution in [0.4, 0.5) is 0 Å². The maximum absolute atomic E-state index is 13.1. The first-order valence-corrected chi connectivity index (χ1v) is 12.8. The first kappa shape index (κ1) is 30.0. The lowest BCUT2D eigenvalue weighted by molar-refractivity contribution is -0.277. The van der Waals surface area contributed by atoms with Gasteiger partial charge in [-0.3, -0.25) is 4.79 Å². The minimum atomic E-state index is -1.76. The summed E-state index contributed by atoms with van der Waals surface area (Å²) < 4.78 is 27.7. The highest BCUT2D eigenvalue weighted by Gasteiger charge is 2.45. The van der Waals surface area contributed by atoms with Gasteiger partial charge in [-0.25, -0.2) is 0 Å². The van der Waals surface area contributed by atoms with Gasteiger partial charge in [0.05, 0.1) is 19.6 Å². The van der Waals surface area contributed by atoms with E-state index in [2.05, 4.69) is 0 Å². The summed E-state index contributed by atoms with van der Waals surface area (Å²) in [5, 5.41) is 100. The Hall–Kier alpha value is -3.45. The number of carbonyl (C=O) groups is 1. The average Bonchev–Trinajstić information content (AvgIpc) is 2.94. The van der Waals surface area contributed by atoms with Crippen molar-refractivity contribution < 1.29 is 79.5 Å². The SMILES string of the molecule is O=C1C[C@H](c2cc(O)c(O)cc2O[C@H]2OC[C@@H](O)[C@H](O)[C@H]2O)Oc2cc(O[C@H]3O[C@H](CO)[C@@H](O)[C@H](O)[C@H]3O)cc(O)c21. The maximum Gasteiger partial charge on any atom is 0.229 e. The third-order valence-electron chi connectivity index (χ3n) is 7.23. The Labute approximate surface area is 236 Å². The highest BCUT2D eigenvalue weighted by atomic mass is 16.7. The van der Waals surface area contributed by atoms with Gasteiger partial charge >= 0.3 is 0 Å². The fourth-order valence-electron chi connectivity index (χ4n) is 4.89. The van der Waals surface area contributed by atoms with Crippen molar-refractivity contribution in [1.29, 1.82) is 0 Å². The highest BCUT2D eigenvalue weighted by molar-refractivity contribution is 6.02. The molecule has 0 radical (unpaired) electrons. The molecule has 0 aliphatic carbocycles. The van der Waals surface area contributed by atoms with Gasteiger partial charge in [0.1, 0.15) is 77.4 Å². The fraction of sp³-hybridized carbons (Fsp3) is 0.500. The van der Waals surface area contributed by atoms with Crippen LogP contribution in [0.2, 0.25) is 0 Å². The third-order valence-corrected chi connectivity index (χ3v) is 7.23. The normalized spacial score (nSPS) is 34.8. The number of benzene rings is 2. The van der Waals surface area contributed by atoms with Gasteiger partial charge < -0.3 is 74.7 Å². The molecule has 0 unspecified atom stereocenters. The molecule has 2 aromatic carbocycles. The number of phenols is 3. The first-order valence-electron chi connectivity index (χ1n) is 12.8. The minimum Gasteiger partial charge on any atom is -0.507 e. The van der Waals surface area contributed by atoms with Crippen LogP contribution in [0.15, 0.2) is 24.3 Å². The molecule has 16 heteroatoms. The van der Waals surface area contributed by atoms with E-state index in [0.29, 0.717) is 0 Å². The van der Waals surface area contributed by atoms with E-state index in [-0.39, 0.29) is 41.4 Å². The molecule has 10 N–H and O–H groups in total. The number of rotatable bonds is 6. The van der Waals surface area contributed by atoms with Crippen molar-refractivity contribution in [2.75, 3.05) is 13.2 Å². The van der Waals surface area contributed by atoms with Gasteiger partial charge in [0, 0.05) is 23.8 Å². The summed E-state index contributed by atoms with van der Waals surface area (Å²) in [5.41, 5.74) is -0.221. The van der Waals surface area contributed by atoms with Crippen LogP contribution in [0.1, 0.15) is 28.4 Å². The summed E-state index contributed by atoms with van der Waals surface area (Å²) in [6, 6.07) is 4.22. The molecule has 0 amide bonds. The lowest BCUT2D eigenvalue weighted by Gasteiger charge is -2.39. The highest BCUT2D eigenvalue weighted by Crippen LogP contribution is 2.46. The summed E-state index contributed by atoms with van der Waals surface area (Å²) >= 11 is 0. The number of Topliss-reactive ketones (excluding diaryl/α,β-unsaturated/α-hetero) is 1. The predicted octanol–water partition coefficient (Wildman–Crippen LogP) is -2.49. The van der Waals surface area contributed by atoms with Crippen LogP contribution in [0.3, 0.4) is 0 Å². The van der Waals surface area contributed by atoms with Crippen LogP contribution in [0.5, 0.6) is 34.5 Å². The van der Waals surface area contributed by atoms with E-state index in [9.17, 15) is 55.9 Å². The second-order valence-electron chi connectivity index (χ2n) is 10.1. The van der Waals surface area contributed by atoms with Crippen molar-refractivity contribution in [3.8, 4) is 34.5 Å². The number of ether oxygens (including phenoxy) is 5. The zero-order chi connectivity index (χ0) is 30.5. The Morgan fingerprint density at radius 2 is 1.48 bits per heavy atom. The van der Waals surface area contributed by atoms with E-state index in [1.807, 2.05) is 0 Å². The largest absolute Gasteiger partial charge is 0.507 e. The zero-order valence-corrected chi connectivity index (χ0v) is 21.6. The number of hydrogen-bond donors (Lipinski definition) is 10. The van der Waals surface area contributed by atoms with E-state index >= 15 is 0 Å². The molecule has 230 valence electrons. The zero-order valence-electron chi connectivity index (χ0n) is 21.6. The maximum atomic E-state index is 13.1. The summed E-state index contributed by atoms with van der Waals surface area (Å²) in [6.45, 7) is -1.09. The Balaban J connectivity index is 1.43. The van der Waals surface area contributed by atoms with Crippen molar-refractivity contribution in [2.45, 2.75) is 67.8 Å². The molecular weight excluding hydrogens is 568 g/mol. The van der Waals surface area contributed by atoms with E-state index < -0.39 is 91.1 Å². The molecule has 3 heterocycles. The van der Waals surface area contributed by atoms with Gasteiger partial charge in [-0.05, 0) is 6.07 Å². The smallest absolute Gasteiger partial charge is 0.229 e. The van der Waals surface area contributed by atoms with Gasteiger partial charge in [0.25, 0.3) is 0 Å². The van der Waals surface area contributed by atoms with Gasteiger partial charge in [-0.2, -0.15) is 0 Å². The molecular formula is C26H30O16. The van der Waals surface area contributed by atoms with E-state index in [4.69, 9.17) is 23.7 Å². The molecule has 0 bridgehead atoms. The van der Waals surface area contributed by atoms with Crippen molar-refractivity contribution in [2.24, 2.45) is 0 Å². The Bertz CT molecular complexity index is 1320. The molecule has 0 saturated carbocycles. The first-order chi connectivity index (χ1) is 19.9. The lowest BCUT2D eigenvalue weighted by Crippen LogP contribution is -2.60. The van der Waals surface area contributed by atoms with Crippen LogP contribution in [0.25, 0.3) is 0 Å². The van der Waals surface area contributed by atoms with Gasteiger partial charge in [0.2, 0.25) is 12.6 Å². The predicted molar refractivity (Wildman–Crippen MR) is 133 cm³/mol. The minimum absolute atomic E-state index is 0.000423. The van der Waals surface area contributed by atoms with Crippen molar-refractivity contribution in [1.82, 2.24) is 0 Å². The van der Waals surface area contributed by atoms with Gasteiger partial charge in [-0.15, -0.1) is 0 Å². The molecule has 3 aliphatic rings. The molecule has 2 saturated heterocycles. The second-order valence-corrected chi connectivity index (χ2v) is 10.1. The van der Waals surface area contributed by atoms with Crippen LogP contribution in [-0.4, -0.2) is 125 Å². The van der Waals surface area contributed by atoms with Crippen LogP contribution >= 0.6 is 0 Å². The standard InChI is InChI=1S/C26H30O16/c27-6-18-21(34)22(35)24(37)26(42-18)39-8-1-12(30)19-13(31)5-15(40-17(19)2-8)9-3-10(28)11(29)4-16(9)41-25-23(36)20(33)14(32)7-38-25/h1-4,14-15,18,20-30,32-37H,5-7H2/t14-,15-,18-,20+,21-,22+,23-,24-,25-,26+/m1/s1. The summed E-state index contributed by atoms with van der Waals surface area (Å²) in [5.74, 6) is -3.02. The van der Waals surface area contributed by atoms with Crippen molar-refractivity contribution in [3.05, 3.63) is 35.4 Å². The number of fused-ring (bicyclic) bond motifs is 1. The molecule has 10 atom stereocenters. The summed E-state index contributed by atoms with van der Waals surface area (Å²) in [6.07, 6.45) is -15.8. The molecule has 2 aromatic rings. The topological polar surface area (TPSA) is 266 Å². The number of ketones is 1. The van der Waals surface area contributed by atoms with Crippen molar-refractivity contribution in [3.63, 3.8) is 0 Å². The van der Waals surface area contributed by atoms with Crippen molar-refractivity contribution >= 4 is 5.78 Å². The van der Waals surface area contributed by atoms with Gasteiger partial charge in [0.15, 0.2) is 17.3 Å². The second kappa shape index (κ2) is 11.7. The van der Waals surface area contributed by atoms with Crippen LogP contribution in [-0.2, 0) is 9.47 Å². The fourth-order valence-corrected chi connectivity index (χ4v) is 4.89. The number of aromatic hydroxyl groups is 3. The quantitative estimate of drug-likeness (QED) is 0.154. The molecule has 2 fully saturated rings. The van der Waals surface area contributed by atoms with E-state index in [0.717, 1.165) is 18.2 Å². The number of aliphatic hydroxyl groups is 7. The molecule has 5 rings (SSSR count). The molecule has 0 aromatic heterocycles. The number of carbonyl (C=O) groups excluding carboxylic acids is 1. The Kier molecular flexibility index (Phi) is 8.35. The Morgan fingerprint density at radius 3 is 2.19 bits per heavy atom. The molecule has 42 heavy (non-hydrogen) atoms. The Morgan fingerprint density at radius 1 is 0.786 bits per heavy atom. The third kappa shape index (κ3) is 5.51. The monoisotopic (exact) mass is 598 g/mol. The average molecular weight is 599 g/mol. The molecule has 16 nitrogen and oxygen atoms in total.